The molecule has 1 aliphatic heterocycles. The van der Waals surface area contributed by atoms with Crippen LogP contribution in [-0.2, 0) is 4.79 Å². The number of carbonyl (C=O) groups excluding carboxylic acids is 1. The van der Waals surface area contributed by atoms with Gasteiger partial charge in [-0.25, -0.2) is 4.99 Å². The molecule has 102 valence electrons. The fraction of sp³-hybridized carbons (Fsp3) is 0.429. The summed E-state index contributed by atoms with van der Waals surface area (Å²) in [5.74, 6) is 0.951. The number of hydrogen-bond acceptors (Lipinski definition) is 4. The first kappa shape index (κ1) is 13.9. The van der Waals surface area contributed by atoms with Crippen molar-refractivity contribution in [3.05, 3.63) is 24.3 Å². The lowest BCUT2D eigenvalue weighted by Crippen LogP contribution is -2.38. The lowest BCUT2D eigenvalue weighted by molar-refractivity contribution is -0.122. The van der Waals surface area contributed by atoms with Crippen LogP contribution in [0.5, 0.6) is 5.75 Å². The first-order valence-electron chi connectivity index (χ1n) is 6.19. The zero-order valence-corrected chi connectivity index (χ0v) is 12.4. The lowest BCUT2D eigenvalue weighted by atomic mass is 9.96. The van der Waals surface area contributed by atoms with E-state index in [4.69, 9.17) is 4.74 Å². The van der Waals surface area contributed by atoms with Gasteiger partial charge >= 0.3 is 0 Å². The van der Waals surface area contributed by atoms with Gasteiger partial charge in [-0.3, -0.25) is 4.79 Å². The van der Waals surface area contributed by atoms with Crippen LogP contribution in [0.3, 0.4) is 0 Å². The molecule has 1 heterocycles. The third-order valence-electron chi connectivity index (χ3n) is 3.39. The van der Waals surface area contributed by atoms with E-state index in [1.54, 1.807) is 7.11 Å². The number of hydrogen-bond donors (Lipinski definition) is 1. The molecule has 0 saturated carbocycles. The predicted octanol–water partition coefficient (Wildman–Crippen LogP) is 2.96. The summed E-state index contributed by atoms with van der Waals surface area (Å²) in [6, 6.07) is 7.50. The van der Waals surface area contributed by atoms with E-state index in [9.17, 15) is 4.79 Å². The molecule has 1 unspecified atom stereocenters. The standard InChI is InChI=1S/C14H18N2O2S/c1-9(2)14(3)12(17)16-13(19-14)15-10-7-5-6-8-11(10)18-4/h5-9H,1-4H3,(H,15,16,17). The molecule has 0 bridgehead atoms. The van der Waals surface area contributed by atoms with Crippen LogP contribution in [0.4, 0.5) is 5.69 Å². The van der Waals surface area contributed by atoms with Crippen LogP contribution in [0.2, 0.25) is 0 Å². The molecular formula is C14H18N2O2S. The molecule has 0 aromatic heterocycles. The van der Waals surface area contributed by atoms with Crippen LogP contribution < -0.4 is 10.1 Å². The molecule has 5 heteroatoms. The van der Waals surface area contributed by atoms with E-state index in [1.807, 2.05) is 45.0 Å². The number of methoxy groups -OCH3 is 1. The zero-order valence-electron chi connectivity index (χ0n) is 11.6. The van der Waals surface area contributed by atoms with Crippen molar-refractivity contribution in [3.8, 4) is 5.75 Å². The maximum Gasteiger partial charge on any atom is 0.242 e. The number of nitrogens with one attached hydrogen (secondary N) is 1. The Hall–Kier alpha value is -1.49. The van der Waals surface area contributed by atoms with Gasteiger partial charge < -0.3 is 10.1 Å². The summed E-state index contributed by atoms with van der Waals surface area (Å²) in [6.07, 6.45) is 0. The van der Waals surface area contributed by atoms with Crippen LogP contribution >= 0.6 is 11.8 Å². The molecule has 4 nitrogen and oxygen atoms in total. The number of para-hydroxylation sites is 2. The fourth-order valence-corrected chi connectivity index (χ4v) is 2.83. The van der Waals surface area contributed by atoms with Crippen molar-refractivity contribution in [1.29, 1.82) is 0 Å². The minimum Gasteiger partial charge on any atom is -0.494 e. The third kappa shape index (κ3) is 2.61. The van der Waals surface area contributed by atoms with Crippen molar-refractivity contribution < 1.29 is 9.53 Å². The molecule has 1 aliphatic rings. The minimum absolute atomic E-state index is 0.0150. The summed E-state index contributed by atoms with van der Waals surface area (Å²) >= 11 is 1.48. The molecule has 1 amide bonds. The Morgan fingerprint density at radius 3 is 2.63 bits per heavy atom. The van der Waals surface area contributed by atoms with Crippen LogP contribution in [0.15, 0.2) is 29.3 Å². The molecule has 1 aromatic rings. The van der Waals surface area contributed by atoms with Gasteiger partial charge in [0, 0.05) is 0 Å². The van der Waals surface area contributed by atoms with Crippen LogP contribution in [0.25, 0.3) is 0 Å². The Morgan fingerprint density at radius 1 is 1.37 bits per heavy atom. The highest BCUT2D eigenvalue weighted by molar-refractivity contribution is 8.16. The van der Waals surface area contributed by atoms with Crippen molar-refractivity contribution in [3.63, 3.8) is 0 Å². The maximum atomic E-state index is 12.0. The number of nitrogens with zero attached hydrogens (tertiary/aromatic N) is 1. The third-order valence-corrected chi connectivity index (χ3v) is 4.86. The van der Waals surface area contributed by atoms with Crippen molar-refractivity contribution in [1.82, 2.24) is 5.32 Å². The monoisotopic (exact) mass is 278 g/mol. The van der Waals surface area contributed by atoms with E-state index < -0.39 is 4.75 Å². The Kier molecular flexibility index (Phi) is 3.85. The Bertz CT molecular complexity index is 528. The summed E-state index contributed by atoms with van der Waals surface area (Å²) in [5, 5.41) is 3.47. The largest absolute Gasteiger partial charge is 0.494 e. The number of aliphatic imine (C=N–C) groups is 1. The van der Waals surface area contributed by atoms with Crippen molar-refractivity contribution in [2.24, 2.45) is 10.9 Å². The van der Waals surface area contributed by atoms with E-state index >= 15 is 0 Å². The second-order valence-corrected chi connectivity index (χ2v) is 6.35. The molecule has 0 radical (unpaired) electrons. The normalized spacial score (nSPS) is 24.9. The average molecular weight is 278 g/mol. The average Bonchev–Trinajstić information content (AvgIpc) is 2.66. The second-order valence-electron chi connectivity index (χ2n) is 4.91. The molecule has 1 N–H and O–H groups in total. The number of amidine groups is 1. The van der Waals surface area contributed by atoms with E-state index in [0.717, 1.165) is 5.69 Å². The Labute approximate surface area is 117 Å². The van der Waals surface area contributed by atoms with Crippen LogP contribution in [-0.4, -0.2) is 22.9 Å². The number of ether oxygens (including phenoxy) is 1. The second kappa shape index (κ2) is 5.25. The fourth-order valence-electron chi connectivity index (χ4n) is 1.76. The summed E-state index contributed by atoms with van der Waals surface area (Å²) in [4.78, 5) is 16.5. The number of carbonyl (C=O) groups is 1. The number of benzene rings is 1. The molecular weight excluding hydrogens is 260 g/mol. The van der Waals surface area contributed by atoms with E-state index in [0.29, 0.717) is 10.9 Å². The topological polar surface area (TPSA) is 50.7 Å². The highest BCUT2D eigenvalue weighted by atomic mass is 32.2. The summed E-state index contributed by atoms with van der Waals surface area (Å²) < 4.78 is 4.80. The first-order chi connectivity index (χ1) is 8.97. The predicted molar refractivity (Wildman–Crippen MR) is 79.1 cm³/mol. The van der Waals surface area contributed by atoms with E-state index in [2.05, 4.69) is 10.3 Å². The smallest absolute Gasteiger partial charge is 0.242 e. The minimum atomic E-state index is -0.457. The van der Waals surface area contributed by atoms with E-state index in [1.165, 1.54) is 11.8 Å². The van der Waals surface area contributed by atoms with Crippen LogP contribution in [0.1, 0.15) is 20.8 Å². The van der Waals surface area contributed by atoms with Crippen molar-refractivity contribution in [2.75, 3.05) is 7.11 Å². The molecule has 1 atom stereocenters. The van der Waals surface area contributed by atoms with Gasteiger partial charge in [-0.1, -0.05) is 37.7 Å². The zero-order chi connectivity index (χ0) is 14.0. The highest BCUT2D eigenvalue weighted by Gasteiger charge is 2.44. The van der Waals surface area contributed by atoms with Crippen molar-refractivity contribution >= 4 is 28.5 Å². The maximum absolute atomic E-state index is 12.0. The SMILES string of the molecule is COc1ccccc1N=C1NC(=O)C(C)(C(C)C)S1. The highest BCUT2D eigenvalue weighted by Crippen LogP contribution is 2.39. The first-order valence-corrected chi connectivity index (χ1v) is 7.01. The molecule has 0 aliphatic carbocycles. The van der Waals surface area contributed by atoms with Gasteiger partial charge in [0.2, 0.25) is 5.91 Å². The van der Waals surface area contributed by atoms with E-state index in [-0.39, 0.29) is 11.8 Å². The number of amides is 1. The van der Waals surface area contributed by atoms with Gasteiger partial charge in [0.15, 0.2) is 5.17 Å². The Morgan fingerprint density at radius 2 is 2.05 bits per heavy atom. The molecule has 1 saturated heterocycles. The van der Waals surface area contributed by atoms with Crippen LogP contribution in [0, 0.1) is 5.92 Å². The van der Waals surface area contributed by atoms with Gasteiger partial charge in [-0.05, 0) is 25.0 Å². The van der Waals surface area contributed by atoms with Gasteiger partial charge in [0.05, 0.1) is 7.11 Å². The quantitative estimate of drug-likeness (QED) is 0.924. The van der Waals surface area contributed by atoms with Gasteiger partial charge in [0.1, 0.15) is 16.2 Å². The summed E-state index contributed by atoms with van der Waals surface area (Å²) in [7, 11) is 1.61. The number of rotatable bonds is 3. The number of thioether (sulfide) groups is 1. The molecule has 2 rings (SSSR count). The summed E-state index contributed by atoms with van der Waals surface area (Å²) in [5.41, 5.74) is 0.723. The summed E-state index contributed by atoms with van der Waals surface area (Å²) in [6.45, 7) is 6.03. The van der Waals surface area contributed by atoms with Gasteiger partial charge in [-0.15, -0.1) is 0 Å². The molecule has 1 aromatic carbocycles. The van der Waals surface area contributed by atoms with Gasteiger partial charge in [0.25, 0.3) is 0 Å². The molecule has 1 fully saturated rings. The Balaban J connectivity index is 2.30. The van der Waals surface area contributed by atoms with Crippen molar-refractivity contribution in [2.45, 2.75) is 25.5 Å². The lowest BCUT2D eigenvalue weighted by Gasteiger charge is -2.22. The molecule has 19 heavy (non-hydrogen) atoms. The molecule has 0 spiro atoms. The van der Waals surface area contributed by atoms with Gasteiger partial charge in [-0.2, -0.15) is 0 Å².